The normalized spacial score (nSPS) is 18.8. The van der Waals surface area contributed by atoms with Gasteiger partial charge in [-0.3, -0.25) is 19.2 Å². The minimum atomic E-state index is -0.204. The molecule has 117 heavy (non-hydrogen) atoms. The van der Waals surface area contributed by atoms with Crippen LogP contribution in [0.2, 0.25) is 0 Å². The maximum Gasteiger partial charge on any atom is 0.251 e. The fraction of sp³-hybridized carbons (Fsp3) is 0.327. The van der Waals surface area contributed by atoms with E-state index < -0.39 is 0 Å². The summed E-state index contributed by atoms with van der Waals surface area (Å²) in [4.78, 5) is 50.3. The van der Waals surface area contributed by atoms with Crippen LogP contribution in [-0.4, -0.2) is 69.1 Å². The molecule has 8 heterocycles. The number of amides is 4. The molecular weight excluding hydrogens is 1460 g/mol. The number of benzene rings is 9. The summed E-state index contributed by atoms with van der Waals surface area (Å²) >= 11 is 0. The molecule has 4 unspecified atom stereocenters. The first-order valence-electron chi connectivity index (χ1n) is 42.6. The molecule has 4 atom stereocenters. The number of anilines is 8. The highest BCUT2D eigenvalue weighted by Crippen LogP contribution is 2.45. The Balaban J connectivity index is 0.000000117. The van der Waals surface area contributed by atoms with Gasteiger partial charge in [0.1, 0.15) is 17.2 Å². The first kappa shape index (κ1) is 78.5. The van der Waals surface area contributed by atoms with Crippen LogP contribution >= 0.6 is 0 Å². The van der Waals surface area contributed by atoms with E-state index in [-0.39, 0.29) is 47.8 Å². The van der Waals surface area contributed by atoms with Gasteiger partial charge in [-0.15, -0.1) is 0 Å². The number of hydrogen-bond acceptors (Lipinski definition) is 15. The van der Waals surface area contributed by atoms with Crippen molar-refractivity contribution in [3.05, 3.63) is 291 Å². The standard InChI is InChI=1S/C29H39N3O2.C24H27N3O2.C24H19N3O.C21H23N3O2/c1-2-3-4-5-6-7-8-9-10-13-20-34-23-18-16-22(17-19-23)28-27-26(21-30-29(27)33)31-24-14-11-12-15-25(24)32-28;28-24-22-21(15-25-24)26-19-9-5-6-10-20(19)27-23(22)16-11-13-18(14-12-16)29-17-7-3-1-2-4-8-17;28-24-22-21(13-25-24)26-19-7-3-4-8-20(19)27-23(22)15-9-10-18-16(12-15)11-14-5-1-2-6-17(14)18;1-2-3-12-26-15-10-8-14(9-11-15)20-19-18(13-22-21(19)25)23-16-6-4-5-7-17(16)24-20/h11-12,14-19,28,31-32H,2-10,13,20-21H2,1H3,(H,30,33);5-6,9-14,17,23,26-27H,1-4,7-8,15H2,(H,25,28);1-10,12,23,26-27H,11,13H2,(H,25,28);4-11,20,23-24H,2-3,12-13H2,1H3,(H,22,25). The van der Waals surface area contributed by atoms with E-state index in [0.717, 1.165) is 182 Å². The zero-order chi connectivity index (χ0) is 79.8. The Morgan fingerprint density at radius 2 is 0.632 bits per heavy atom. The van der Waals surface area contributed by atoms with Crippen LogP contribution < -0.4 is 78.0 Å². The van der Waals surface area contributed by atoms with Crippen LogP contribution in [0.1, 0.15) is 187 Å². The number of hydrogen-bond donors (Lipinski definition) is 12. The second kappa shape index (κ2) is 37.5. The molecule has 602 valence electrons. The Bertz CT molecular complexity index is 5200. The Morgan fingerprint density at radius 3 is 1.03 bits per heavy atom. The minimum Gasteiger partial charge on any atom is -0.494 e. The lowest BCUT2D eigenvalue weighted by Crippen LogP contribution is -2.24. The molecule has 0 spiro atoms. The van der Waals surface area contributed by atoms with Crippen molar-refractivity contribution in [2.45, 2.75) is 166 Å². The lowest BCUT2D eigenvalue weighted by Gasteiger charge is -2.21. The van der Waals surface area contributed by atoms with E-state index in [1.165, 1.54) is 106 Å². The monoisotopic (exact) mass is 1560 g/mol. The molecule has 0 aromatic heterocycles. The van der Waals surface area contributed by atoms with Gasteiger partial charge in [-0.05, 0) is 174 Å². The van der Waals surface area contributed by atoms with Gasteiger partial charge in [0.05, 0.1) is 137 Å². The van der Waals surface area contributed by atoms with Crippen molar-refractivity contribution in [3.8, 4) is 28.4 Å². The number of carbonyl (C=O) groups is 4. The topological polar surface area (TPSA) is 240 Å². The van der Waals surface area contributed by atoms with E-state index in [1.54, 1.807) is 0 Å². The molecule has 9 aromatic rings. The third kappa shape index (κ3) is 18.5. The van der Waals surface area contributed by atoms with Crippen LogP contribution in [0.4, 0.5) is 45.5 Å². The van der Waals surface area contributed by atoms with E-state index in [4.69, 9.17) is 14.2 Å². The summed E-state index contributed by atoms with van der Waals surface area (Å²) in [5, 5.41) is 39.8. The Hall–Kier alpha value is -12.4. The lowest BCUT2D eigenvalue weighted by atomic mass is 9.94. The maximum absolute atomic E-state index is 12.7. The number of unbranched alkanes of at least 4 members (excludes halogenated alkanes) is 10. The van der Waals surface area contributed by atoms with Crippen molar-refractivity contribution in [3.63, 3.8) is 0 Å². The van der Waals surface area contributed by atoms with Crippen LogP contribution in [0.5, 0.6) is 17.2 Å². The van der Waals surface area contributed by atoms with E-state index in [0.29, 0.717) is 32.3 Å². The van der Waals surface area contributed by atoms with E-state index >= 15 is 0 Å². The number of ether oxygens (including phenoxy) is 3. The van der Waals surface area contributed by atoms with Gasteiger partial charge in [-0.1, -0.05) is 218 Å². The molecule has 0 bridgehead atoms. The summed E-state index contributed by atoms with van der Waals surface area (Å²) in [6.45, 7) is 8.03. The van der Waals surface area contributed by atoms with Gasteiger partial charge in [0.25, 0.3) is 23.6 Å². The Morgan fingerprint density at radius 1 is 0.308 bits per heavy atom. The van der Waals surface area contributed by atoms with Crippen molar-refractivity contribution in [1.82, 2.24) is 21.3 Å². The number of fused-ring (bicyclic) bond motifs is 7. The fourth-order valence-corrected chi connectivity index (χ4v) is 17.3. The SMILES string of the molecule is CCCCCCCCCCCCOc1ccc(C2Nc3ccccc3NC3=C2C(=O)NC3)cc1.CCCCOc1ccc(C2Nc3ccccc3NC3=C2C(=O)NC3)cc1.O=C1NCC2=C1C(c1ccc(OC3CCCCCC3)cc1)Nc1ccccc1N2.O=C1NCC2=C1C(c1ccc3c(c1)Cc1ccccc1-3)Nc1ccccc1N2. The number of nitrogens with one attached hydrogen (secondary N) is 12. The average molecular weight is 1570 g/mol. The molecule has 19 rings (SSSR count). The quantitative estimate of drug-likeness (QED) is 0.0223. The van der Waals surface area contributed by atoms with Crippen molar-refractivity contribution in [1.29, 1.82) is 0 Å². The molecular formula is C98H108N12O7. The molecule has 0 saturated heterocycles. The highest BCUT2D eigenvalue weighted by Gasteiger charge is 2.39. The maximum atomic E-state index is 12.7. The molecule has 10 aliphatic rings. The second-order valence-electron chi connectivity index (χ2n) is 31.7. The van der Waals surface area contributed by atoms with E-state index in [2.05, 4.69) is 150 Å². The van der Waals surface area contributed by atoms with Crippen LogP contribution in [0.3, 0.4) is 0 Å². The summed E-state index contributed by atoms with van der Waals surface area (Å²) in [7, 11) is 0. The van der Waals surface area contributed by atoms with Gasteiger partial charge in [-0.25, -0.2) is 0 Å². The van der Waals surface area contributed by atoms with Crippen LogP contribution in [0, 0.1) is 0 Å². The van der Waals surface area contributed by atoms with Gasteiger partial charge in [0.15, 0.2) is 0 Å². The molecule has 9 aromatic carbocycles. The number of para-hydroxylation sites is 8. The number of carbonyl (C=O) groups excluding carboxylic acids is 4. The van der Waals surface area contributed by atoms with Crippen LogP contribution in [0.15, 0.2) is 257 Å². The van der Waals surface area contributed by atoms with Crippen molar-refractivity contribution < 1.29 is 33.4 Å². The van der Waals surface area contributed by atoms with Gasteiger partial charge < -0.3 is 78.0 Å². The predicted octanol–water partition coefficient (Wildman–Crippen LogP) is 19.7. The van der Waals surface area contributed by atoms with Gasteiger partial charge >= 0.3 is 0 Å². The van der Waals surface area contributed by atoms with Gasteiger partial charge in [0.2, 0.25) is 0 Å². The molecule has 2 aliphatic carbocycles. The molecule has 1 fully saturated rings. The zero-order valence-corrected chi connectivity index (χ0v) is 67.1. The smallest absolute Gasteiger partial charge is 0.251 e. The summed E-state index contributed by atoms with van der Waals surface area (Å²) in [6.07, 6.45) is 24.1. The first-order chi connectivity index (χ1) is 57.6. The molecule has 12 N–H and O–H groups in total. The summed E-state index contributed by atoms with van der Waals surface area (Å²) in [5.74, 6) is 2.59. The Kier molecular flexibility index (Phi) is 25.2. The number of rotatable bonds is 22. The largest absolute Gasteiger partial charge is 0.494 e. The van der Waals surface area contributed by atoms with E-state index in [9.17, 15) is 19.2 Å². The summed E-state index contributed by atoms with van der Waals surface area (Å²) < 4.78 is 18.0. The molecule has 4 amide bonds. The third-order valence-corrected chi connectivity index (χ3v) is 23.6. The lowest BCUT2D eigenvalue weighted by molar-refractivity contribution is -0.117. The highest BCUT2D eigenvalue weighted by atomic mass is 16.5. The zero-order valence-electron chi connectivity index (χ0n) is 67.1. The van der Waals surface area contributed by atoms with E-state index in [1.807, 2.05) is 140 Å². The Labute approximate surface area is 687 Å². The van der Waals surface area contributed by atoms with Crippen molar-refractivity contribution >= 4 is 69.1 Å². The van der Waals surface area contributed by atoms with Crippen LogP contribution in [-0.2, 0) is 25.6 Å². The molecule has 0 radical (unpaired) electrons. The molecule has 8 aliphatic heterocycles. The minimum absolute atomic E-state index is 0.00316. The summed E-state index contributed by atoms with van der Waals surface area (Å²) in [5.41, 5.74) is 24.4. The molecule has 19 nitrogen and oxygen atoms in total. The molecule has 1 saturated carbocycles. The predicted molar refractivity (Wildman–Crippen MR) is 470 cm³/mol. The first-order valence-corrected chi connectivity index (χ1v) is 42.6. The average Bonchev–Trinajstić information content (AvgIpc) is 1.59. The third-order valence-electron chi connectivity index (χ3n) is 23.6. The molecule has 19 heteroatoms. The van der Waals surface area contributed by atoms with Crippen molar-refractivity contribution in [2.75, 3.05) is 81.9 Å². The fourth-order valence-electron chi connectivity index (χ4n) is 17.3. The van der Waals surface area contributed by atoms with Gasteiger partial charge in [-0.2, -0.15) is 0 Å². The van der Waals surface area contributed by atoms with Crippen LogP contribution in [0.25, 0.3) is 11.1 Å². The van der Waals surface area contributed by atoms with Gasteiger partial charge in [0, 0.05) is 22.8 Å². The second-order valence-corrected chi connectivity index (χ2v) is 31.7. The summed E-state index contributed by atoms with van der Waals surface area (Å²) in [6, 6.07) is 71.1. The van der Waals surface area contributed by atoms with Crippen molar-refractivity contribution in [2.24, 2.45) is 0 Å². The highest BCUT2D eigenvalue weighted by molar-refractivity contribution is 6.04.